The van der Waals surface area contributed by atoms with Crippen LogP contribution in [0.1, 0.15) is 30.5 Å². The van der Waals surface area contributed by atoms with Crippen LogP contribution in [0.15, 0.2) is 36.7 Å². The van der Waals surface area contributed by atoms with Crippen LogP contribution in [0, 0.1) is 11.6 Å². The first-order valence-electron chi connectivity index (χ1n) is 6.98. The van der Waals surface area contributed by atoms with Gasteiger partial charge in [0.15, 0.2) is 0 Å². The second kappa shape index (κ2) is 7.13. The highest BCUT2D eigenvalue weighted by molar-refractivity contribution is 5.45. The fourth-order valence-corrected chi connectivity index (χ4v) is 2.22. The van der Waals surface area contributed by atoms with E-state index in [-0.39, 0.29) is 6.04 Å². The Morgan fingerprint density at radius 3 is 2.76 bits per heavy atom. The first-order chi connectivity index (χ1) is 10.1. The average molecular weight is 291 g/mol. The SMILES string of the molecule is CCCNC(Cc1cnccc1N)c1ccc(F)cc1F. The molecule has 0 saturated heterocycles. The van der Waals surface area contributed by atoms with Crippen LogP contribution in [0.3, 0.4) is 0 Å². The molecule has 1 heterocycles. The Hall–Kier alpha value is -2.01. The number of nitrogen functional groups attached to an aromatic ring is 1. The molecular formula is C16H19F2N3. The summed E-state index contributed by atoms with van der Waals surface area (Å²) in [5.74, 6) is -1.13. The molecule has 2 rings (SSSR count). The Morgan fingerprint density at radius 2 is 2.10 bits per heavy atom. The van der Waals surface area contributed by atoms with E-state index < -0.39 is 11.6 Å². The molecule has 112 valence electrons. The molecule has 0 saturated carbocycles. The Bertz CT molecular complexity index is 602. The van der Waals surface area contributed by atoms with E-state index in [1.807, 2.05) is 6.92 Å². The first-order valence-corrected chi connectivity index (χ1v) is 6.98. The summed E-state index contributed by atoms with van der Waals surface area (Å²) in [5.41, 5.74) is 7.82. The summed E-state index contributed by atoms with van der Waals surface area (Å²) in [4.78, 5) is 4.05. The summed E-state index contributed by atoms with van der Waals surface area (Å²) >= 11 is 0. The van der Waals surface area contributed by atoms with Crippen molar-refractivity contribution in [1.82, 2.24) is 10.3 Å². The van der Waals surface area contributed by atoms with Crippen molar-refractivity contribution in [2.75, 3.05) is 12.3 Å². The number of nitrogens with zero attached hydrogens (tertiary/aromatic N) is 1. The largest absolute Gasteiger partial charge is 0.398 e. The second-order valence-corrected chi connectivity index (χ2v) is 4.95. The van der Waals surface area contributed by atoms with Gasteiger partial charge in [-0.2, -0.15) is 0 Å². The van der Waals surface area contributed by atoms with Crippen LogP contribution in [0.5, 0.6) is 0 Å². The van der Waals surface area contributed by atoms with Gasteiger partial charge in [0.1, 0.15) is 11.6 Å². The monoisotopic (exact) mass is 291 g/mol. The third-order valence-corrected chi connectivity index (χ3v) is 3.34. The molecular weight excluding hydrogens is 272 g/mol. The van der Waals surface area contributed by atoms with Gasteiger partial charge in [-0.05, 0) is 37.1 Å². The normalized spacial score (nSPS) is 12.3. The highest BCUT2D eigenvalue weighted by atomic mass is 19.1. The number of anilines is 1. The van der Waals surface area contributed by atoms with E-state index in [1.54, 1.807) is 18.5 Å². The Kier molecular flexibility index (Phi) is 5.22. The molecule has 1 aromatic heterocycles. The van der Waals surface area contributed by atoms with E-state index in [9.17, 15) is 8.78 Å². The number of halogens is 2. The van der Waals surface area contributed by atoms with Gasteiger partial charge in [0.05, 0.1) is 0 Å². The van der Waals surface area contributed by atoms with Crippen molar-refractivity contribution in [2.24, 2.45) is 0 Å². The lowest BCUT2D eigenvalue weighted by Crippen LogP contribution is -2.25. The van der Waals surface area contributed by atoms with E-state index in [2.05, 4.69) is 10.3 Å². The number of nitrogens with two attached hydrogens (primary N) is 1. The number of hydrogen-bond acceptors (Lipinski definition) is 3. The Labute approximate surface area is 123 Å². The predicted octanol–water partition coefficient (Wildman–Crippen LogP) is 3.23. The molecule has 1 aromatic carbocycles. The molecule has 0 bridgehead atoms. The lowest BCUT2D eigenvalue weighted by atomic mass is 9.98. The summed E-state index contributed by atoms with van der Waals surface area (Å²) < 4.78 is 27.1. The molecule has 3 N–H and O–H groups in total. The Balaban J connectivity index is 2.27. The second-order valence-electron chi connectivity index (χ2n) is 4.95. The smallest absolute Gasteiger partial charge is 0.130 e. The highest BCUT2D eigenvalue weighted by Crippen LogP contribution is 2.24. The van der Waals surface area contributed by atoms with Gasteiger partial charge in [0.25, 0.3) is 0 Å². The van der Waals surface area contributed by atoms with Crippen LogP contribution in [-0.4, -0.2) is 11.5 Å². The minimum atomic E-state index is -0.577. The number of nitrogens with one attached hydrogen (secondary N) is 1. The van der Waals surface area contributed by atoms with Crippen molar-refractivity contribution < 1.29 is 8.78 Å². The molecule has 5 heteroatoms. The van der Waals surface area contributed by atoms with Gasteiger partial charge in [-0.25, -0.2) is 8.78 Å². The minimum absolute atomic E-state index is 0.267. The van der Waals surface area contributed by atoms with Crippen LogP contribution in [0.25, 0.3) is 0 Å². The van der Waals surface area contributed by atoms with Crippen molar-refractivity contribution in [2.45, 2.75) is 25.8 Å². The lowest BCUT2D eigenvalue weighted by Gasteiger charge is -2.20. The quantitative estimate of drug-likeness (QED) is 0.859. The molecule has 0 spiro atoms. The van der Waals surface area contributed by atoms with Gasteiger partial charge in [-0.15, -0.1) is 0 Å². The molecule has 3 nitrogen and oxygen atoms in total. The van der Waals surface area contributed by atoms with Gasteiger partial charge < -0.3 is 11.1 Å². The van der Waals surface area contributed by atoms with Crippen LogP contribution in [0.2, 0.25) is 0 Å². The molecule has 0 fully saturated rings. The third kappa shape index (κ3) is 3.98. The standard InChI is InChI=1S/C16H19F2N3/c1-2-6-21-16(8-11-10-20-7-5-15(11)19)13-4-3-12(17)9-14(13)18/h3-5,7,9-10,16,21H,2,6,8H2,1H3,(H2,19,20). The number of hydrogen-bond donors (Lipinski definition) is 2. The third-order valence-electron chi connectivity index (χ3n) is 3.34. The van der Waals surface area contributed by atoms with Crippen LogP contribution in [-0.2, 0) is 6.42 Å². The van der Waals surface area contributed by atoms with Crippen LogP contribution in [0.4, 0.5) is 14.5 Å². The average Bonchev–Trinajstić information content (AvgIpc) is 2.46. The summed E-state index contributed by atoms with van der Waals surface area (Å²) in [7, 11) is 0. The van der Waals surface area contributed by atoms with Crippen LogP contribution < -0.4 is 11.1 Å². The van der Waals surface area contributed by atoms with Crippen molar-refractivity contribution in [3.8, 4) is 0 Å². The van der Waals surface area contributed by atoms with E-state index in [1.165, 1.54) is 12.1 Å². The minimum Gasteiger partial charge on any atom is -0.398 e. The number of pyridine rings is 1. The highest BCUT2D eigenvalue weighted by Gasteiger charge is 2.17. The molecule has 0 aliphatic rings. The fourth-order valence-electron chi connectivity index (χ4n) is 2.22. The number of aromatic nitrogens is 1. The maximum absolute atomic E-state index is 14.0. The molecule has 0 radical (unpaired) electrons. The molecule has 1 atom stereocenters. The van der Waals surface area contributed by atoms with Gasteiger partial charge in [0.2, 0.25) is 0 Å². The first kappa shape index (κ1) is 15.4. The van der Waals surface area contributed by atoms with Gasteiger partial charge >= 0.3 is 0 Å². The van der Waals surface area contributed by atoms with E-state index >= 15 is 0 Å². The molecule has 0 aliphatic heterocycles. The topological polar surface area (TPSA) is 50.9 Å². The lowest BCUT2D eigenvalue weighted by molar-refractivity contribution is 0.491. The summed E-state index contributed by atoms with van der Waals surface area (Å²) in [6, 6.07) is 5.10. The van der Waals surface area contributed by atoms with Crippen LogP contribution >= 0.6 is 0 Å². The van der Waals surface area contributed by atoms with Gasteiger partial charge in [-0.1, -0.05) is 13.0 Å². The maximum atomic E-state index is 14.0. The summed E-state index contributed by atoms with van der Waals surface area (Å²) in [6.45, 7) is 2.77. The fraction of sp³-hybridized carbons (Fsp3) is 0.312. The number of benzene rings is 1. The Morgan fingerprint density at radius 1 is 1.29 bits per heavy atom. The maximum Gasteiger partial charge on any atom is 0.130 e. The van der Waals surface area contributed by atoms with Gasteiger partial charge in [0, 0.05) is 35.8 Å². The summed E-state index contributed by atoms with van der Waals surface area (Å²) in [5, 5.41) is 3.28. The molecule has 21 heavy (non-hydrogen) atoms. The van der Waals surface area contributed by atoms with Gasteiger partial charge in [-0.3, -0.25) is 4.98 Å². The number of rotatable bonds is 6. The van der Waals surface area contributed by atoms with E-state index in [0.29, 0.717) is 17.7 Å². The summed E-state index contributed by atoms with van der Waals surface area (Å²) in [6.07, 6.45) is 4.72. The zero-order valence-corrected chi connectivity index (χ0v) is 11.9. The zero-order chi connectivity index (χ0) is 15.2. The molecule has 1 unspecified atom stereocenters. The predicted molar refractivity (Wildman–Crippen MR) is 79.7 cm³/mol. The molecule has 0 aliphatic carbocycles. The van der Waals surface area contributed by atoms with E-state index in [4.69, 9.17) is 5.73 Å². The van der Waals surface area contributed by atoms with Crippen molar-refractivity contribution >= 4 is 5.69 Å². The van der Waals surface area contributed by atoms with Crippen molar-refractivity contribution in [1.29, 1.82) is 0 Å². The molecule has 2 aromatic rings. The van der Waals surface area contributed by atoms with Crippen molar-refractivity contribution in [3.63, 3.8) is 0 Å². The van der Waals surface area contributed by atoms with Crippen molar-refractivity contribution in [3.05, 3.63) is 59.4 Å². The zero-order valence-electron chi connectivity index (χ0n) is 11.9. The molecule has 0 amide bonds. The van der Waals surface area contributed by atoms with E-state index in [0.717, 1.165) is 24.6 Å².